The monoisotopic (exact) mass is 313 g/mol. The molecule has 1 amide bonds. The topological polar surface area (TPSA) is 73.2 Å². The van der Waals surface area contributed by atoms with Gasteiger partial charge >= 0.3 is 0 Å². The Labute approximate surface area is 137 Å². The van der Waals surface area contributed by atoms with Crippen LogP contribution in [-0.2, 0) is 4.79 Å². The predicted octanol–water partition coefficient (Wildman–Crippen LogP) is 2.97. The van der Waals surface area contributed by atoms with Gasteiger partial charge in [-0.2, -0.15) is 5.26 Å². The van der Waals surface area contributed by atoms with Gasteiger partial charge in [-0.25, -0.2) is 0 Å². The number of carbonyl (C=O) groups is 2. The van der Waals surface area contributed by atoms with Crippen molar-refractivity contribution < 1.29 is 9.59 Å². The molecular formula is C18H23N3O2. The van der Waals surface area contributed by atoms with Gasteiger partial charge in [0.1, 0.15) is 0 Å². The number of Topliss-reactive ketones (excluding diaryl/α,β-unsaturated/α-hetero) is 1. The number of anilines is 1. The molecule has 1 aromatic carbocycles. The molecule has 1 N–H and O–H groups in total. The first-order chi connectivity index (χ1) is 11.1. The number of hydrogen-bond acceptors (Lipinski definition) is 4. The van der Waals surface area contributed by atoms with Crippen molar-refractivity contribution in [3.63, 3.8) is 0 Å². The smallest absolute Gasteiger partial charge is 0.224 e. The average Bonchev–Trinajstić information content (AvgIpc) is 2.83. The fourth-order valence-electron chi connectivity index (χ4n) is 2.85. The zero-order chi connectivity index (χ0) is 16.7. The maximum atomic E-state index is 12.2. The molecule has 0 atom stereocenters. The summed E-state index contributed by atoms with van der Waals surface area (Å²) in [5.41, 5.74) is 1.67. The van der Waals surface area contributed by atoms with E-state index in [0.29, 0.717) is 29.8 Å². The average molecular weight is 313 g/mol. The summed E-state index contributed by atoms with van der Waals surface area (Å²) < 4.78 is 0. The van der Waals surface area contributed by atoms with Crippen molar-refractivity contribution in [1.82, 2.24) is 4.90 Å². The van der Waals surface area contributed by atoms with Crippen LogP contribution in [0.5, 0.6) is 0 Å². The van der Waals surface area contributed by atoms with E-state index in [1.54, 1.807) is 18.2 Å². The lowest BCUT2D eigenvalue weighted by Gasteiger charge is -2.20. The minimum absolute atomic E-state index is 0.0594. The summed E-state index contributed by atoms with van der Waals surface area (Å²) in [6.07, 6.45) is 4.96. The molecule has 0 unspecified atom stereocenters. The minimum atomic E-state index is -0.0594. The number of amides is 1. The molecule has 1 saturated heterocycles. The molecule has 0 spiro atoms. The van der Waals surface area contributed by atoms with Crippen LogP contribution in [-0.4, -0.2) is 36.2 Å². The van der Waals surface area contributed by atoms with Gasteiger partial charge in [-0.05, 0) is 38.0 Å². The Hall–Kier alpha value is -2.35. The molecule has 0 aliphatic carbocycles. The van der Waals surface area contributed by atoms with E-state index in [1.807, 2.05) is 4.90 Å². The van der Waals surface area contributed by atoms with Crippen LogP contribution in [0.3, 0.4) is 0 Å². The summed E-state index contributed by atoms with van der Waals surface area (Å²) in [5.74, 6) is 0.0936. The van der Waals surface area contributed by atoms with Crippen LogP contribution >= 0.6 is 0 Å². The van der Waals surface area contributed by atoms with E-state index < -0.39 is 0 Å². The van der Waals surface area contributed by atoms with Gasteiger partial charge < -0.3 is 10.2 Å². The zero-order valence-electron chi connectivity index (χ0n) is 13.6. The first-order valence-electron chi connectivity index (χ1n) is 8.18. The summed E-state index contributed by atoms with van der Waals surface area (Å²) in [7, 11) is 0. The van der Waals surface area contributed by atoms with Crippen molar-refractivity contribution in [2.45, 2.75) is 39.0 Å². The number of ketones is 1. The molecule has 122 valence electrons. The highest BCUT2D eigenvalue weighted by molar-refractivity contribution is 5.99. The van der Waals surface area contributed by atoms with E-state index in [1.165, 1.54) is 19.8 Å². The molecule has 5 heteroatoms. The van der Waals surface area contributed by atoms with Crippen molar-refractivity contribution in [3.8, 4) is 6.07 Å². The van der Waals surface area contributed by atoms with Gasteiger partial charge in [0, 0.05) is 37.3 Å². The van der Waals surface area contributed by atoms with Crippen LogP contribution in [0.15, 0.2) is 18.2 Å². The predicted molar refractivity (Wildman–Crippen MR) is 89.3 cm³/mol. The van der Waals surface area contributed by atoms with Crippen molar-refractivity contribution in [3.05, 3.63) is 29.3 Å². The highest BCUT2D eigenvalue weighted by atomic mass is 16.2. The van der Waals surface area contributed by atoms with E-state index in [9.17, 15) is 9.59 Å². The second-order valence-electron chi connectivity index (χ2n) is 5.90. The molecule has 23 heavy (non-hydrogen) atoms. The molecule has 0 bridgehead atoms. The number of benzene rings is 1. The molecule has 1 aliphatic rings. The van der Waals surface area contributed by atoms with Gasteiger partial charge in [0.25, 0.3) is 0 Å². The van der Waals surface area contributed by atoms with Gasteiger partial charge in [0.05, 0.1) is 11.6 Å². The number of nitriles is 1. The Balaban J connectivity index is 1.94. The van der Waals surface area contributed by atoms with Gasteiger partial charge in [-0.15, -0.1) is 0 Å². The van der Waals surface area contributed by atoms with E-state index in [4.69, 9.17) is 5.26 Å². The molecule has 1 aromatic rings. The van der Waals surface area contributed by atoms with Crippen LogP contribution in [0, 0.1) is 11.3 Å². The fourth-order valence-corrected chi connectivity index (χ4v) is 2.85. The van der Waals surface area contributed by atoms with Gasteiger partial charge in [0.2, 0.25) is 5.91 Å². The highest BCUT2D eigenvalue weighted by Crippen LogP contribution is 2.18. The summed E-state index contributed by atoms with van der Waals surface area (Å²) in [5, 5.41) is 12.1. The maximum Gasteiger partial charge on any atom is 0.224 e. The minimum Gasteiger partial charge on any atom is -0.384 e. The van der Waals surface area contributed by atoms with Crippen LogP contribution < -0.4 is 5.32 Å². The standard InChI is InChI=1S/C18H23N3O2/c1-14(22)16-7-6-15(13-19)12-17(16)20-9-8-18(23)21-10-4-2-3-5-11-21/h6-7,12,20H,2-5,8-11H2,1H3. The summed E-state index contributed by atoms with van der Waals surface area (Å²) in [6.45, 7) is 3.66. The Bertz CT molecular complexity index is 611. The Kier molecular flexibility index (Phi) is 6.16. The second-order valence-corrected chi connectivity index (χ2v) is 5.90. The van der Waals surface area contributed by atoms with Crippen LogP contribution in [0.25, 0.3) is 0 Å². The van der Waals surface area contributed by atoms with Crippen molar-refractivity contribution in [1.29, 1.82) is 5.26 Å². The van der Waals surface area contributed by atoms with Crippen LogP contribution in [0.4, 0.5) is 5.69 Å². The number of nitrogens with one attached hydrogen (secondary N) is 1. The largest absolute Gasteiger partial charge is 0.384 e. The van der Waals surface area contributed by atoms with Crippen molar-refractivity contribution in [2.24, 2.45) is 0 Å². The Morgan fingerprint density at radius 2 is 1.91 bits per heavy atom. The lowest BCUT2D eigenvalue weighted by molar-refractivity contribution is -0.130. The van der Waals surface area contributed by atoms with E-state index in [2.05, 4.69) is 11.4 Å². The molecule has 1 heterocycles. The first kappa shape index (κ1) is 17.0. The molecule has 0 radical (unpaired) electrons. The Morgan fingerprint density at radius 3 is 2.52 bits per heavy atom. The molecular weight excluding hydrogens is 290 g/mol. The van der Waals surface area contributed by atoms with Gasteiger partial charge in [-0.1, -0.05) is 12.8 Å². The summed E-state index contributed by atoms with van der Waals surface area (Å²) >= 11 is 0. The molecule has 0 saturated carbocycles. The summed E-state index contributed by atoms with van der Waals surface area (Å²) in [6, 6.07) is 7.01. The third-order valence-electron chi connectivity index (χ3n) is 4.14. The number of rotatable bonds is 5. The second kappa shape index (κ2) is 8.33. The number of likely N-dealkylation sites (tertiary alicyclic amines) is 1. The lowest BCUT2D eigenvalue weighted by Crippen LogP contribution is -2.33. The van der Waals surface area contributed by atoms with Crippen molar-refractivity contribution in [2.75, 3.05) is 25.0 Å². The third kappa shape index (κ3) is 4.82. The van der Waals surface area contributed by atoms with Crippen LogP contribution in [0.2, 0.25) is 0 Å². The molecule has 5 nitrogen and oxygen atoms in total. The number of hydrogen-bond donors (Lipinski definition) is 1. The van der Waals surface area contributed by atoms with Gasteiger partial charge in [-0.3, -0.25) is 9.59 Å². The summed E-state index contributed by atoms with van der Waals surface area (Å²) in [4.78, 5) is 25.8. The van der Waals surface area contributed by atoms with Gasteiger partial charge in [0.15, 0.2) is 5.78 Å². The molecule has 1 fully saturated rings. The molecule has 1 aliphatic heterocycles. The normalized spacial score (nSPS) is 14.7. The highest BCUT2D eigenvalue weighted by Gasteiger charge is 2.15. The third-order valence-corrected chi connectivity index (χ3v) is 4.14. The first-order valence-corrected chi connectivity index (χ1v) is 8.18. The van der Waals surface area contributed by atoms with E-state index in [0.717, 1.165) is 25.9 Å². The fraction of sp³-hybridized carbons (Fsp3) is 0.500. The number of nitrogens with zero attached hydrogens (tertiary/aromatic N) is 2. The van der Waals surface area contributed by atoms with E-state index >= 15 is 0 Å². The quantitative estimate of drug-likeness (QED) is 0.848. The molecule has 2 rings (SSSR count). The zero-order valence-corrected chi connectivity index (χ0v) is 13.6. The van der Waals surface area contributed by atoms with Crippen molar-refractivity contribution >= 4 is 17.4 Å². The van der Waals surface area contributed by atoms with E-state index in [-0.39, 0.29) is 11.7 Å². The number of carbonyl (C=O) groups excluding carboxylic acids is 2. The van der Waals surface area contributed by atoms with Crippen LogP contribution in [0.1, 0.15) is 54.9 Å². The maximum absolute atomic E-state index is 12.2. The SMILES string of the molecule is CC(=O)c1ccc(C#N)cc1NCCC(=O)N1CCCCCC1. The Morgan fingerprint density at radius 1 is 1.22 bits per heavy atom. The lowest BCUT2D eigenvalue weighted by atomic mass is 10.1. The molecule has 0 aromatic heterocycles.